The molecule has 420 valence electrons. The molecule has 0 saturated heterocycles. The molecule has 12 rings (SSSR count). The van der Waals surface area contributed by atoms with E-state index in [-0.39, 0.29) is 28.2 Å². The van der Waals surface area contributed by atoms with Gasteiger partial charge in [0.15, 0.2) is 0 Å². The topological polar surface area (TPSA) is 210 Å². The van der Waals surface area contributed by atoms with Gasteiger partial charge in [0.25, 0.3) is 16.7 Å². The number of hydrogen-bond donors (Lipinski definition) is 2. The van der Waals surface area contributed by atoms with Crippen molar-refractivity contribution in [2.45, 2.75) is 55.4 Å². The Morgan fingerprint density at radius 1 is 0.376 bits per heavy atom. The number of phenols is 2. The number of para-hydroxylation sites is 4. The second kappa shape index (κ2) is 24.9. The highest BCUT2D eigenvalue weighted by atomic mass is 16.3. The zero-order valence-electron chi connectivity index (χ0n) is 48.1. The van der Waals surface area contributed by atoms with E-state index in [1.165, 1.54) is 0 Å². The van der Waals surface area contributed by atoms with Crippen molar-refractivity contribution in [2.24, 2.45) is 0 Å². The average molecular weight is 1120 g/mol. The molecule has 5 aromatic carbocycles. The fourth-order valence-electron chi connectivity index (χ4n) is 10.0. The van der Waals surface area contributed by atoms with Gasteiger partial charge in [-0.05, 0) is 162 Å². The molecule has 0 aliphatic heterocycles. The van der Waals surface area contributed by atoms with E-state index >= 15 is 0 Å². The van der Waals surface area contributed by atoms with Gasteiger partial charge in [-0.15, -0.1) is 0 Å². The third-order valence-corrected chi connectivity index (χ3v) is 14.3. The Morgan fingerprint density at radius 2 is 0.741 bits per heavy atom. The lowest BCUT2D eigenvalue weighted by atomic mass is 10.1. The lowest BCUT2D eigenvalue weighted by Gasteiger charge is -2.16. The summed E-state index contributed by atoms with van der Waals surface area (Å²) in [7, 11) is 0. The van der Waals surface area contributed by atoms with Gasteiger partial charge in [0.2, 0.25) is 0 Å². The van der Waals surface area contributed by atoms with Crippen molar-refractivity contribution in [1.29, 1.82) is 0 Å². The van der Waals surface area contributed by atoms with E-state index in [2.05, 4.69) is 29.9 Å². The van der Waals surface area contributed by atoms with E-state index in [1.807, 2.05) is 140 Å². The summed E-state index contributed by atoms with van der Waals surface area (Å²) < 4.78 is 4.93. The van der Waals surface area contributed by atoms with Crippen LogP contribution in [-0.2, 0) is 0 Å². The highest BCUT2D eigenvalue weighted by molar-refractivity contribution is 5.82. The van der Waals surface area contributed by atoms with Crippen LogP contribution in [0.3, 0.4) is 0 Å². The van der Waals surface area contributed by atoms with Gasteiger partial charge in [-0.1, -0.05) is 84.4 Å². The molecule has 0 unspecified atom stereocenters. The van der Waals surface area contributed by atoms with Gasteiger partial charge in [-0.2, -0.15) is 0 Å². The van der Waals surface area contributed by atoms with Gasteiger partial charge in [0.1, 0.15) is 34.8 Å². The third kappa shape index (κ3) is 12.2. The van der Waals surface area contributed by atoms with Crippen LogP contribution in [0.25, 0.3) is 86.2 Å². The molecule has 0 radical (unpaired) electrons. The summed E-state index contributed by atoms with van der Waals surface area (Å²) in [6.45, 7) is 15.7. The first-order valence-electron chi connectivity index (χ1n) is 27.3. The number of aromatic nitrogens is 11. The Balaban J connectivity index is 0.000000142. The fourth-order valence-corrected chi connectivity index (χ4v) is 10.0. The van der Waals surface area contributed by atoms with Crippen molar-refractivity contribution in [3.8, 4) is 28.6 Å². The van der Waals surface area contributed by atoms with Crippen LogP contribution in [0.1, 0.15) is 78.9 Å². The molecular formula is C69H59N11O5. The van der Waals surface area contributed by atoms with Crippen LogP contribution in [0.5, 0.6) is 11.5 Å². The fraction of sp³-hybridized carbons (Fsp3) is 0.116. The summed E-state index contributed by atoms with van der Waals surface area (Å²) in [6, 6.07) is 35.3. The minimum atomic E-state index is -0.151. The number of pyridine rings is 3. The number of aryl methyl sites for hydroxylation is 8. The Morgan fingerprint density at radius 3 is 1.14 bits per heavy atom. The molecule has 0 amide bonds. The van der Waals surface area contributed by atoms with Crippen molar-refractivity contribution >= 4 is 69.2 Å². The summed E-state index contributed by atoms with van der Waals surface area (Å²) in [5.74, 6) is 2.54. The minimum absolute atomic E-state index is 0.121. The van der Waals surface area contributed by atoms with Crippen LogP contribution in [0.2, 0.25) is 0 Å². The van der Waals surface area contributed by atoms with E-state index in [0.717, 1.165) is 61.6 Å². The van der Waals surface area contributed by atoms with Crippen LogP contribution in [0, 0.1) is 55.4 Å². The Bertz CT molecular complexity index is 4750. The molecule has 85 heavy (non-hydrogen) atoms. The maximum absolute atomic E-state index is 13.4. The van der Waals surface area contributed by atoms with Crippen LogP contribution < -0.4 is 16.7 Å². The SMILES string of the molecule is Cc1ccc(O)c(/C=C/c2nc3cnccc3c(=O)n2-c2c(C)cccc2C)c1.Cc1cccc(C)c1-n1c(/C=C/c2ccccc2O)nc2cnccc2c1=O.Cc1ncc(/C=C/c2nc3cnccc3c(=O)n2-c2c(C)cccc2C)cn1. The Kier molecular flexibility index (Phi) is 16.8. The highest BCUT2D eigenvalue weighted by Gasteiger charge is 2.18. The summed E-state index contributed by atoms with van der Waals surface area (Å²) >= 11 is 0. The summed E-state index contributed by atoms with van der Waals surface area (Å²) in [5, 5.41) is 21.8. The van der Waals surface area contributed by atoms with E-state index < -0.39 is 0 Å². The lowest BCUT2D eigenvalue weighted by molar-refractivity contribution is 0.473. The molecule has 0 bridgehead atoms. The predicted octanol–water partition coefficient (Wildman–Crippen LogP) is 12.5. The zero-order valence-corrected chi connectivity index (χ0v) is 48.1. The molecule has 0 aliphatic rings. The molecule has 0 atom stereocenters. The number of rotatable bonds is 9. The number of nitrogens with zero attached hydrogens (tertiary/aromatic N) is 11. The lowest BCUT2D eigenvalue weighted by Crippen LogP contribution is -2.24. The van der Waals surface area contributed by atoms with Crippen molar-refractivity contribution in [1.82, 2.24) is 53.6 Å². The standard InChI is InChI=1S/C24H21N3O2.C23H19N3O2.C22H19N5O/c1-15-7-9-21(28)18(13-15)8-10-22-26-20-14-25-12-11-19(20)24(29)27(22)23-16(2)5-4-6-17(23)3;1-15-6-5-7-16(2)22(15)26-21(11-10-17-8-3-4-9-20(17)27)25-19-14-24-13-12-18(19)23(26)28;1-14-5-4-6-15(2)21(14)27-20(8-7-17-11-24-16(3)25-12-17)26-19-13-23-10-9-18(19)22(27)28/h4-14,28H,1-3H3;3-14,27H,1-2H3;4-13H,1-3H3/b10-8+;11-10+;8-7+. The summed E-state index contributed by atoms with van der Waals surface area (Å²) in [6.07, 6.45) is 23.8. The maximum Gasteiger partial charge on any atom is 0.266 e. The Labute approximate surface area is 489 Å². The van der Waals surface area contributed by atoms with E-state index in [1.54, 1.807) is 130 Å². The van der Waals surface area contributed by atoms with E-state index in [9.17, 15) is 24.6 Å². The average Bonchev–Trinajstić information content (AvgIpc) is 1.25. The Hall–Kier alpha value is -11.1. The monoisotopic (exact) mass is 1120 g/mol. The number of fused-ring (bicyclic) bond motifs is 3. The second-order valence-electron chi connectivity index (χ2n) is 20.4. The number of benzene rings is 5. The molecule has 7 aromatic heterocycles. The molecule has 16 nitrogen and oxygen atoms in total. The first kappa shape index (κ1) is 57.1. The van der Waals surface area contributed by atoms with Crippen LogP contribution in [0.15, 0.2) is 179 Å². The van der Waals surface area contributed by atoms with Crippen molar-refractivity contribution in [2.75, 3.05) is 0 Å². The number of phenolic OH excluding ortho intramolecular Hbond substituents is 2. The smallest absolute Gasteiger partial charge is 0.266 e. The van der Waals surface area contributed by atoms with Gasteiger partial charge in [0, 0.05) is 47.7 Å². The van der Waals surface area contributed by atoms with Crippen molar-refractivity contribution < 1.29 is 10.2 Å². The largest absolute Gasteiger partial charge is 0.507 e. The van der Waals surface area contributed by atoms with Crippen LogP contribution in [0.4, 0.5) is 0 Å². The quantitative estimate of drug-likeness (QED) is 0.138. The zero-order chi connectivity index (χ0) is 59.9. The molecule has 12 aromatic rings. The third-order valence-electron chi connectivity index (χ3n) is 14.3. The highest BCUT2D eigenvalue weighted by Crippen LogP contribution is 2.27. The second-order valence-corrected chi connectivity index (χ2v) is 20.4. The maximum atomic E-state index is 13.4. The van der Waals surface area contributed by atoms with Gasteiger partial charge in [-0.3, -0.25) is 43.0 Å². The van der Waals surface area contributed by atoms with Gasteiger partial charge in [-0.25, -0.2) is 24.9 Å². The molecule has 0 spiro atoms. The molecule has 16 heteroatoms. The van der Waals surface area contributed by atoms with Crippen LogP contribution in [-0.4, -0.2) is 63.8 Å². The molecule has 0 aliphatic carbocycles. The number of aromatic hydroxyl groups is 2. The molecule has 0 fully saturated rings. The van der Waals surface area contributed by atoms with Crippen molar-refractivity contribution in [3.63, 3.8) is 0 Å². The normalized spacial score (nSPS) is 11.4. The van der Waals surface area contributed by atoms with Gasteiger partial charge < -0.3 is 10.2 Å². The van der Waals surface area contributed by atoms with Crippen molar-refractivity contribution in [3.05, 3.63) is 275 Å². The first-order valence-corrected chi connectivity index (χ1v) is 27.3. The first-order chi connectivity index (χ1) is 41.1. The van der Waals surface area contributed by atoms with Crippen LogP contribution >= 0.6 is 0 Å². The van der Waals surface area contributed by atoms with Gasteiger partial charge >= 0.3 is 0 Å². The van der Waals surface area contributed by atoms with Gasteiger partial charge in [0.05, 0.1) is 68.4 Å². The molecule has 0 saturated carbocycles. The molecule has 7 heterocycles. The summed E-state index contributed by atoms with van der Waals surface area (Å²) in [4.78, 5) is 74.9. The molecular weight excluding hydrogens is 1060 g/mol. The number of hydrogen-bond acceptors (Lipinski definition) is 13. The summed E-state index contributed by atoms with van der Waals surface area (Å²) in [5.41, 5.74) is 12.8. The molecule has 2 N–H and O–H groups in total. The predicted molar refractivity (Wildman–Crippen MR) is 338 cm³/mol. The van der Waals surface area contributed by atoms with E-state index in [0.29, 0.717) is 67.1 Å². The minimum Gasteiger partial charge on any atom is -0.507 e. The van der Waals surface area contributed by atoms with E-state index in [4.69, 9.17) is 9.97 Å².